The van der Waals surface area contributed by atoms with Crippen molar-refractivity contribution in [3.05, 3.63) is 33.0 Å². The van der Waals surface area contributed by atoms with Gasteiger partial charge in [0.15, 0.2) is 5.82 Å². The van der Waals surface area contributed by atoms with Gasteiger partial charge >= 0.3 is 0 Å². The summed E-state index contributed by atoms with van der Waals surface area (Å²) in [5.41, 5.74) is 0.852. The summed E-state index contributed by atoms with van der Waals surface area (Å²) in [4.78, 5) is 4.28. The Hall–Kier alpha value is -0.390. The van der Waals surface area contributed by atoms with Crippen LogP contribution in [0.4, 0.5) is 0 Å². The van der Waals surface area contributed by atoms with Gasteiger partial charge in [0, 0.05) is 14.5 Å². The smallest absolute Gasteiger partial charge is 0.258 e. The molecule has 1 heterocycles. The predicted octanol–water partition coefficient (Wildman–Crippen LogP) is 4.95. The van der Waals surface area contributed by atoms with Gasteiger partial charge < -0.3 is 4.52 Å². The minimum Gasteiger partial charge on any atom is -0.334 e. The monoisotopic (exact) mass is 378 g/mol. The molecular weight excluding hydrogens is 371 g/mol. The highest BCUT2D eigenvalue weighted by molar-refractivity contribution is 9.11. The van der Waals surface area contributed by atoms with Crippen LogP contribution < -0.4 is 0 Å². The molecule has 1 unspecified atom stereocenters. The molecule has 1 aromatic carbocycles. The van der Waals surface area contributed by atoms with Crippen LogP contribution in [-0.4, -0.2) is 10.1 Å². The third-order valence-electron chi connectivity index (χ3n) is 2.19. The summed E-state index contributed by atoms with van der Waals surface area (Å²) >= 11 is 12.9. The van der Waals surface area contributed by atoms with Gasteiger partial charge in [-0.1, -0.05) is 43.9 Å². The van der Waals surface area contributed by atoms with Crippen LogP contribution in [0.1, 0.15) is 24.5 Å². The van der Waals surface area contributed by atoms with Crippen LogP contribution >= 0.6 is 43.5 Å². The first-order chi connectivity index (χ1) is 8.10. The molecule has 0 saturated heterocycles. The summed E-state index contributed by atoms with van der Waals surface area (Å²) in [7, 11) is 0. The summed E-state index contributed by atoms with van der Waals surface area (Å²) in [6, 6.07) is 5.77. The molecule has 3 nitrogen and oxygen atoms in total. The fourth-order valence-electron chi connectivity index (χ4n) is 1.34. The van der Waals surface area contributed by atoms with Crippen molar-refractivity contribution in [3.63, 3.8) is 0 Å². The SMILES string of the molecule is CCC(Cl)c1noc(-c2cc(Br)cc(Br)c2)n1. The molecule has 0 aliphatic rings. The molecule has 6 heteroatoms. The van der Waals surface area contributed by atoms with Crippen LogP contribution in [0.25, 0.3) is 11.5 Å². The Labute approximate surface area is 121 Å². The lowest BCUT2D eigenvalue weighted by Gasteiger charge is -1.98. The van der Waals surface area contributed by atoms with Crippen LogP contribution in [0.15, 0.2) is 31.7 Å². The van der Waals surface area contributed by atoms with Crippen LogP contribution in [-0.2, 0) is 0 Å². The molecule has 0 aliphatic carbocycles. The lowest BCUT2D eigenvalue weighted by Crippen LogP contribution is -1.90. The van der Waals surface area contributed by atoms with E-state index in [4.69, 9.17) is 16.1 Å². The second-order valence-electron chi connectivity index (χ2n) is 3.49. The lowest BCUT2D eigenvalue weighted by molar-refractivity contribution is 0.421. The standard InChI is InChI=1S/C11H9Br2ClN2O/c1-2-9(14)10-15-11(17-16-10)6-3-7(12)5-8(13)4-6/h3-5,9H,2H2,1H3. The number of nitrogens with zero attached hydrogens (tertiary/aromatic N) is 2. The van der Waals surface area contributed by atoms with E-state index < -0.39 is 0 Å². The highest BCUT2D eigenvalue weighted by Crippen LogP contribution is 2.28. The maximum Gasteiger partial charge on any atom is 0.258 e. The van der Waals surface area contributed by atoms with E-state index in [1.165, 1.54) is 0 Å². The van der Waals surface area contributed by atoms with Crippen molar-refractivity contribution < 1.29 is 4.52 Å². The number of alkyl halides is 1. The fraction of sp³-hybridized carbons (Fsp3) is 0.273. The zero-order chi connectivity index (χ0) is 12.4. The Morgan fingerprint density at radius 3 is 2.53 bits per heavy atom. The van der Waals surface area contributed by atoms with Crippen molar-refractivity contribution in [1.82, 2.24) is 10.1 Å². The van der Waals surface area contributed by atoms with Crippen LogP contribution in [0.5, 0.6) is 0 Å². The average molecular weight is 380 g/mol. The van der Waals surface area contributed by atoms with Gasteiger partial charge in [-0.15, -0.1) is 11.6 Å². The number of benzene rings is 1. The molecule has 0 fully saturated rings. The van der Waals surface area contributed by atoms with E-state index in [2.05, 4.69) is 42.0 Å². The zero-order valence-electron chi connectivity index (χ0n) is 8.95. The summed E-state index contributed by atoms with van der Waals surface area (Å²) in [6.45, 7) is 1.98. The molecular formula is C11H9Br2ClN2O. The average Bonchev–Trinajstić information content (AvgIpc) is 2.76. The van der Waals surface area contributed by atoms with E-state index >= 15 is 0 Å². The van der Waals surface area contributed by atoms with Crippen molar-refractivity contribution in [3.8, 4) is 11.5 Å². The van der Waals surface area contributed by atoms with Gasteiger partial charge in [0.2, 0.25) is 0 Å². The molecule has 2 rings (SSSR count). The number of hydrogen-bond donors (Lipinski definition) is 0. The topological polar surface area (TPSA) is 38.9 Å². The van der Waals surface area contributed by atoms with Crippen molar-refractivity contribution >= 4 is 43.5 Å². The van der Waals surface area contributed by atoms with Gasteiger partial charge in [-0.05, 0) is 24.6 Å². The molecule has 1 atom stereocenters. The van der Waals surface area contributed by atoms with E-state index in [0.717, 1.165) is 20.9 Å². The minimum atomic E-state index is -0.205. The third-order valence-corrected chi connectivity index (χ3v) is 3.61. The van der Waals surface area contributed by atoms with Gasteiger partial charge in [0.05, 0.1) is 5.38 Å². The number of aromatic nitrogens is 2. The normalized spacial score (nSPS) is 12.7. The summed E-state index contributed by atoms with van der Waals surface area (Å²) in [5.74, 6) is 1.00. The largest absolute Gasteiger partial charge is 0.334 e. The van der Waals surface area contributed by atoms with Crippen LogP contribution in [0.3, 0.4) is 0 Å². The molecule has 0 N–H and O–H groups in total. The van der Waals surface area contributed by atoms with E-state index in [0.29, 0.717) is 11.7 Å². The van der Waals surface area contributed by atoms with Crippen molar-refractivity contribution in [2.24, 2.45) is 0 Å². The Kier molecular flexibility index (Phi) is 4.22. The Morgan fingerprint density at radius 1 is 1.29 bits per heavy atom. The molecule has 0 bridgehead atoms. The van der Waals surface area contributed by atoms with E-state index in [9.17, 15) is 0 Å². The van der Waals surface area contributed by atoms with Crippen molar-refractivity contribution in [2.75, 3.05) is 0 Å². The maximum atomic E-state index is 6.05. The first-order valence-corrected chi connectivity index (χ1v) is 7.06. The van der Waals surface area contributed by atoms with Gasteiger partial charge in [-0.25, -0.2) is 0 Å². The van der Waals surface area contributed by atoms with Gasteiger partial charge in [0.1, 0.15) is 0 Å². The molecule has 0 spiro atoms. The van der Waals surface area contributed by atoms with Gasteiger partial charge in [-0.2, -0.15) is 4.98 Å². The van der Waals surface area contributed by atoms with Gasteiger partial charge in [0.25, 0.3) is 5.89 Å². The summed E-state index contributed by atoms with van der Waals surface area (Å²) in [6.07, 6.45) is 0.767. The molecule has 90 valence electrons. The second kappa shape index (κ2) is 5.50. The molecule has 0 aliphatic heterocycles. The number of rotatable bonds is 3. The molecule has 0 radical (unpaired) electrons. The minimum absolute atomic E-state index is 0.205. The Balaban J connectivity index is 2.36. The first kappa shape index (κ1) is 13.1. The van der Waals surface area contributed by atoms with Crippen molar-refractivity contribution in [1.29, 1.82) is 0 Å². The summed E-state index contributed by atoms with van der Waals surface area (Å²) in [5, 5.41) is 3.67. The Morgan fingerprint density at radius 2 is 1.94 bits per heavy atom. The van der Waals surface area contributed by atoms with Gasteiger partial charge in [-0.3, -0.25) is 0 Å². The predicted molar refractivity (Wildman–Crippen MR) is 74.0 cm³/mol. The number of halogens is 3. The van der Waals surface area contributed by atoms with E-state index in [1.54, 1.807) is 0 Å². The maximum absolute atomic E-state index is 6.05. The highest BCUT2D eigenvalue weighted by atomic mass is 79.9. The van der Waals surface area contributed by atoms with Crippen LogP contribution in [0.2, 0.25) is 0 Å². The fourth-order valence-corrected chi connectivity index (χ4v) is 2.72. The zero-order valence-corrected chi connectivity index (χ0v) is 12.9. The van der Waals surface area contributed by atoms with Crippen molar-refractivity contribution in [2.45, 2.75) is 18.7 Å². The van der Waals surface area contributed by atoms with E-state index in [1.807, 2.05) is 25.1 Å². The molecule has 0 amide bonds. The third kappa shape index (κ3) is 3.09. The summed E-state index contributed by atoms with van der Waals surface area (Å²) < 4.78 is 7.08. The molecule has 17 heavy (non-hydrogen) atoms. The lowest BCUT2D eigenvalue weighted by atomic mass is 10.2. The highest BCUT2D eigenvalue weighted by Gasteiger charge is 2.15. The second-order valence-corrected chi connectivity index (χ2v) is 5.85. The van der Waals surface area contributed by atoms with Crippen LogP contribution in [0, 0.1) is 0 Å². The Bertz CT molecular complexity index is 510. The number of hydrogen-bond acceptors (Lipinski definition) is 3. The van der Waals surface area contributed by atoms with E-state index in [-0.39, 0.29) is 5.38 Å². The molecule has 0 saturated carbocycles. The molecule has 2 aromatic rings. The first-order valence-electron chi connectivity index (χ1n) is 5.04. The molecule has 1 aromatic heterocycles. The quantitative estimate of drug-likeness (QED) is 0.707.